The standard InChI is InChI=1S/C12H13N3O/c1-7-6-10(8(2)9(3)12(7)16)14-11-4-5-13-15-11/h4-6H,1-3H3,(H,13,15). The van der Waals surface area contributed by atoms with Crippen molar-refractivity contribution in [1.29, 1.82) is 0 Å². The van der Waals surface area contributed by atoms with Crippen LogP contribution < -0.4 is 0 Å². The predicted octanol–water partition coefficient (Wildman–Crippen LogP) is 2.35. The van der Waals surface area contributed by atoms with Gasteiger partial charge >= 0.3 is 0 Å². The Hall–Kier alpha value is -1.97. The van der Waals surface area contributed by atoms with Crippen LogP contribution >= 0.6 is 0 Å². The molecule has 1 aromatic heterocycles. The van der Waals surface area contributed by atoms with Crippen LogP contribution in [-0.4, -0.2) is 21.7 Å². The van der Waals surface area contributed by atoms with Crippen molar-refractivity contribution in [1.82, 2.24) is 10.2 Å². The third kappa shape index (κ3) is 1.74. The molecule has 1 aliphatic carbocycles. The minimum atomic E-state index is 0.0958. The Morgan fingerprint density at radius 2 is 2.00 bits per heavy atom. The second-order valence-electron chi connectivity index (χ2n) is 3.84. The summed E-state index contributed by atoms with van der Waals surface area (Å²) in [6, 6.07) is 1.79. The van der Waals surface area contributed by atoms with Gasteiger partial charge < -0.3 is 0 Å². The average molecular weight is 215 g/mol. The normalized spacial score (nSPS) is 19.3. The molecule has 1 aromatic rings. The summed E-state index contributed by atoms with van der Waals surface area (Å²) in [6.07, 6.45) is 3.52. The molecule has 0 aliphatic heterocycles. The van der Waals surface area contributed by atoms with E-state index >= 15 is 0 Å². The number of ketones is 1. The molecule has 2 rings (SSSR count). The maximum Gasteiger partial charge on any atom is 0.184 e. The molecule has 4 nitrogen and oxygen atoms in total. The van der Waals surface area contributed by atoms with Crippen molar-refractivity contribution in [2.24, 2.45) is 4.99 Å². The van der Waals surface area contributed by atoms with Gasteiger partial charge in [-0.05, 0) is 38.0 Å². The molecule has 0 aromatic carbocycles. The number of rotatable bonds is 1. The van der Waals surface area contributed by atoms with E-state index in [1.807, 2.05) is 13.8 Å². The van der Waals surface area contributed by atoms with Gasteiger partial charge in [0.15, 0.2) is 11.6 Å². The summed E-state index contributed by atoms with van der Waals surface area (Å²) < 4.78 is 0. The number of aliphatic imine (C=N–C) groups is 1. The third-order valence-corrected chi connectivity index (χ3v) is 2.72. The van der Waals surface area contributed by atoms with Gasteiger partial charge in [0, 0.05) is 17.8 Å². The topological polar surface area (TPSA) is 58.1 Å². The fraction of sp³-hybridized carbons (Fsp3) is 0.250. The Kier molecular flexibility index (Phi) is 2.56. The molecule has 4 heteroatoms. The van der Waals surface area contributed by atoms with Crippen molar-refractivity contribution in [2.45, 2.75) is 20.8 Å². The van der Waals surface area contributed by atoms with E-state index in [1.165, 1.54) is 0 Å². The van der Waals surface area contributed by atoms with Crippen LogP contribution in [0.15, 0.2) is 40.1 Å². The Morgan fingerprint density at radius 3 is 2.62 bits per heavy atom. The molecule has 0 saturated carbocycles. The maximum absolute atomic E-state index is 11.7. The number of hydrogen-bond donors (Lipinski definition) is 1. The van der Waals surface area contributed by atoms with Crippen molar-refractivity contribution in [3.05, 3.63) is 35.1 Å². The van der Waals surface area contributed by atoms with Gasteiger partial charge in [0.05, 0.1) is 5.71 Å². The summed E-state index contributed by atoms with van der Waals surface area (Å²) in [4.78, 5) is 16.1. The van der Waals surface area contributed by atoms with Gasteiger partial charge in [-0.1, -0.05) is 0 Å². The van der Waals surface area contributed by atoms with Crippen molar-refractivity contribution in [2.75, 3.05) is 0 Å². The number of carbonyl (C=O) groups is 1. The second kappa shape index (κ2) is 3.89. The summed E-state index contributed by atoms with van der Waals surface area (Å²) in [5.74, 6) is 0.721. The molecule has 0 unspecified atom stereocenters. The number of aromatic nitrogens is 2. The van der Waals surface area contributed by atoms with Crippen LogP contribution in [0, 0.1) is 0 Å². The highest BCUT2D eigenvalue weighted by Gasteiger charge is 2.18. The summed E-state index contributed by atoms with van der Waals surface area (Å²) in [5, 5.41) is 6.67. The summed E-state index contributed by atoms with van der Waals surface area (Å²) in [7, 11) is 0. The molecule has 1 N–H and O–H groups in total. The highest BCUT2D eigenvalue weighted by Crippen LogP contribution is 2.21. The zero-order valence-electron chi connectivity index (χ0n) is 9.53. The molecule has 0 spiro atoms. The molecule has 1 heterocycles. The molecule has 82 valence electrons. The molecule has 0 amide bonds. The largest absolute Gasteiger partial charge is 0.289 e. The lowest BCUT2D eigenvalue weighted by molar-refractivity contribution is -0.112. The first-order valence-corrected chi connectivity index (χ1v) is 5.09. The number of hydrogen-bond acceptors (Lipinski definition) is 3. The van der Waals surface area contributed by atoms with Crippen molar-refractivity contribution in [3.8, 4) is 0 Å². The predicted molar refractivity (Wildman–Crippen MR) is 62.8 cm³/mol. The van der Waals surface area contributed by atoms with Crippen molar-refractivity contribution in [3.63, 3.8) is 0 Å². The van der Waals surface area contributed by atoms with E-state index in [2.05, 4.69) is 15.2 Å². The Morgan fingerprint density at radius 1 is 1.25 bits per heavy atom. The van der Waals surface area contributed by atoms with Crippen LogP contribution in [0.1, 0.15) is 20.8 Å². The Labute approximate surface area is 93.8 Å². The Balaban J connectivity index is 2.47. The van der Waals surface area contributed by atoms with E-state index in [0.717, 1.165) is 22.4 Å². The molecule has 0 atom stereocenters. The maximum atomic E-state index is 11.7. The fourth-order valence-corrected chi connectivity index (χ4v) is 1.59. The van der Waals surface area contributed by atoms with Crippen LogP contribution in [0.5, 0.6) is 0 Å². The van der Waals surface area contributed by atoms with Crippen LogP contribution in [-0.2, 0) is 4.79 Å². The van der Waals surface area contributed by atoms with E-state index in [-0.39, 0.29) is 5.78 Å². The zero-order valence-corrected chi connectivity index (χ0v) is 9.53. The van der Waals surface area contributed by atoms with Gasteiger partial charge in [0.25, 0.3) is 0 Å². The van der Waals surface area contributed by atoms with Crippen LogP contribution in [0.2, 0.25) is 0 Å². The quantitative estimate of drug-likeness (QED) is 0.731. The second-order valence-corrected chi connectivity index (χ2v) is 3.84. The molecule has 0 fully saturated rings. The van der Waals surface area contributed by atoms with Gasteiger partial charge in [0.2, 0.25) is 0 Å². The van der Waals surface area contributed by atoms with E-state index in [1.54, 1.807) is 25.3 Å². The molecule has 16 heavy (non-hydrogen) atoms. The molecule has 0 saturated heterocycles. The SMILES string of the molecule is CC1=CC(=Nc2cc[nH]n2)C(C)=C(C)C1=O. The minimum Gasteiger partial charge on any atom is -0.289 e. The first-order valence-electron chi connectivity index (χ1n) is 5.09. The molecular weight excluding hydrogens is 202 g/mol. The Bertz CT molecular complexity index is 518. The van der Waals surface area contributed by atoms with Crippen LogP contribution in [0.3, 0.4) is 0 Å². The van der Waals surface area contributed by atoms with E-state index in [4.69, 9.17) is 0 Å². The highest BCUT2D eigenvalue weighted by atomic mass is 16.1. The number of carbonyl (C=O) groups excluding carboxylic acids is 1. The summed E-state index contributed by atoms with van der Waals surface area (Å²) >= 11 is 0. The van der Waals surface area contributed by atoms with Gasteiger partial charge in [-0.2, -0.15) is 5.10 Å². The number of Topliss-reactive ketones (excluding diaryl/α,β-unsaturated/α-hetero) is 1. The van der Waals surface area contributed by atoms with Crippen molar-refractivity contribution < 1.29 is 4.79 Å². The summed E-state index contributed by atoms with van der Waals surface area (Å²) in [5.41, 5.74) is 3.20. The van der Waals surface area contributed by atoms with Gasteiger partial charge in [-0.15, -0.1) is 0 Å². The van der Waals surface area contributed by atoms with Gasteiger partial charge in [-0.25, -0.2) is 4.99 Å². The number of allylic oxidation sites excluding steroid dienone is 4. The van der Waals surface area contributed by atoms with E-state index < -0.39 is 0 Å². The van der Waals surface area contributed by atoms with E-state index in [9.17, 15) is 4.79 Å². The monoisotopic (exact) mass is 215 g/mol. The van der Waals surface area contributed by atoms with Crippen LogP contribution in [0.25, 0.3) is 0 Å². The average Bonchev–Trinajstić information content (AvgIpc) is 2.76. The third-order valence-electron chi connectivity index (χ3n) is 2.72. The van der Waals surface area contributed by atoms with Gasteiger partial charge in [0.1, 0.15) is 0 Å². The van der Waals surface area contributed by atoms with E-state index in [0.29, 0.717) is 5.82 Å². The van der Waals surface area contributed by atoms with Crippen LogP contribution in [0.4, 0.5) is 5.82 Å². The number of nitrogens with zero attached hydrogens (tertiary/aromatic N) is 2. The first-order chi connectivity index (χ1) is 7.59. The lowest BCUT2D eigenvalue weighted by Gasteiger charge is -2.13. The molecule has 0 radical (unpaired) electrons. The zero-order chi connectivity index (χ0) is 11.7. The molecule has 1 aliphatic rings. The smallest absolute Gasteiger partial charge is 0.184 e. The lowest BCUT2D eigenvalue weighted by atomic mass is 9.92. The summed E-state index contributed by atoms with van der Waals surface area (Å²) in [6.45, 7) is 5.54. The van der Waals surface area contributed by atoms with Crippen molar-refractivity contribution >= 4 is 17.3 Å². The highest BCUT2D eigenvalue weighted by molar-refractivity contribution is 6.24. The first kappa shape index (κ1) is 10.5. The molecule has 0 bridgehead atoms. The fourth-order valence-electron chi connectivity index (χ4n) is 1.59. The molecular formula is C12H13N3O. The lowest BCUT2D eigenvalue weighted by Crippen LogP contribution is -2.14. The number of H-pyrrole nitrogens is 1. The van der Waals surface area contributed by atoms with Gasteiger partial charge in [-0.3, -0.25) is 9.89 Å². The number of aromatic amines is 1. The number of nitrogens with one attached hydrogen (secondary N) is 1. The minimum absolute atomic E-state index is 0.0958.